The van der Waals surface area contributed by atoms with Crippen LogP contribution in [0, 0.1) is 17.8 Å². The van der Waals surface area contributed by atoms with Gasteiger partial charge >= 0.3 is 17.9 Å². The molecular weight excluding hydrogens is 624 g/mol. The summed E-state index contributed by atoms with van der Waals surface area (Å²) in [5.41, 5.74) is -1.15. The van der Waals surface area contributed by atoms with Crippen LogP contribution in [0.25, 0.3) is 6.08 Å². The van der Waals surface area contributed by atoms with Crippen molar-refractivity contribution in [3.05, 3.63) is 47.7 Å². The minimum atomic E-state index is -2.07. The van der Waals surface area contributed by atoms with Crippen molar-refractivity contribution >= 4 is 24.0 Å². The lowest BCUT2D eigenvalue weighted by molar-refractivity contribution is -0.302. The molecule has 2 fully saturated rings. The van der Waals surface area contributed by atoms with Crippen molar-refractivity contribution in [3.63, 3.8) is 0 Å². The molecular formula is C32H42O15. The van der Waals surface area contributed by atoms with Crippen LogP contribution < -0.4 is 0 Å². The number of hydrogen-bond acceptors (Lipinski definition) is 15. The number of esters is 3. The predicted octanol–water partition coefficient (Wildman–Crippen LogP) is -0.106. The summed E-state index contributed by atoms with van der Waals surface area (Å²) in [6.07, 6.45) is -6.39. The van der Waals surface area contributed by atoms with E-state index in [9.17, 15) is 45.0 Å². The molecule has 4 rings (SSSR count). The highest BCUT2D eigenvalue weighted by Crippen LogP contribution is 2.50. The smallest absolute Gasteiger partial charge is 0.331 e. The molecule has 3 aliphatic rings. The molecule has 1 aromatic rings. The number of phenolic OH excluding ortho intramolecular Hbond substituents is 1. The minimum absolute atomic E-state index is 0.0354. The second-order valence-corrected chi connectivity index (χ2v) is 11.9. The molecule has 0 radical (unpaired) electrons. The second kappa shape index (κ2) is 15.6. The third-order valence-corrected chi connectivity index (χ3v) is 8.74. The lowest BCUT2D eigenvalue weighted by atomic mass is 9.80. The average Bonchev–Trinajstić information content (AvgIpc) is 3.32. The van der Waals surface area contributed by atoms with Gasteiger partial charge in [0.25, 0.3) is 0 Å². The van der Waals surface area contributed by atoms with E-state index in [1.807, 2.05) is 0 Å². The summed E-state index contributed by atoms with van der Waals surface area (Å²) in [6, 6.07) is 5.95. The van der Waals surface area contributed by atoms with E-state index < -0.39 is 97.6 Å². The maximum atomic E-state index is 12.7. The number of hydrogen-bond donors (Lipinski definition) is 6. The second-order valence-electron chi connectivity index (χ2n) is 11.9. The monoisotopic (exact) mass is 666 g/mol. The lowest BCUT2D eigenvalue weighted by Gasteiger charge is -2.42. The molecule has 0 bridgehead atoms. The number of carbonyl (C=O) groups excluding carboxylic acids is 3. The number of ether oxygens (including phenoxy) is 6. The molecule has 11 atom stereocenters. The summed E-state index contributed by atoms with van der Waals surface area (Å²) in [6.45, 7) is 2.95. The van der Waals surface area contributed by atoms with Crippen molar-refractivity contribution < 1.29 is 73.4 Å². The van der Waals surface area contributed by atoms with Gasteiger partial charge in [-0.1, -0.05) is 26.0 Å². The van der Waals surface area contributed by atoms with Crippen molar-refractivity contribution in [1.82, 2.24) is 0 Å². The van der Waals surface area contributed by atoms with Gasteiger partial charge in [-0.3, -0.25) is 9.59 Å². The molecule has 0 spiro atoms. The molecule has 1 aromatic carbocycles. The van der Waals surface area contributed by atoms with E-state index in [1.54, 1.807) is 26.0 Å². The van der Waals surface area contributed by atoms with E-state index in [4.69, 9.17) is 28.4 Å². The fourth-order valence-electron chi connectivity index (χ4n) is 5.76. The van der Waals surface area contributed by atoms with Crippen LogP contribution in [-0.2, 0) is 42.8 Å². The van der Waals surface area contributed by atoms with Crippen LogP contribution in [-0.4, -0.2) is 117 Å². The van der Waals surface area contributed by atoms with Gasteiger partial charge in [-0.2, -0.15) is 0 Å². The Kier molecular flexibility index (Phi) is 12.0. The zero-order valence-electron chi connectivity index (χ0n) is 26.2. The molecule has 1 saturated carbocycles. The van der Waals surface area contributed by atoms with Gasteiger partial charge in [0.15, 0.2) is 12.4 Å². The van der Waals surface area contributed by atoms with Crippen LogP contribution in [0.1, 0.15) is 39.2 Å². The van der Waals surface area contributed by atoms with Gasteiger partial charge in [0.05, 0.1) is 37.4 Å². The summed E-state index contributed by atoms with van der Waals surface area (Å²) in [5, 5.41) is 63.0. The summed E-state index contributed by atoms with van der Waals surface area (Å²) in [7, 11) is 0. The summed E-state index contributed by atoms with van der Waals surface area (Å²) >= 11 is 0. The Morgan fingerprint density at radius 1 is 1.09 bits per heavy atom. The molecule has 6 N–H and O–H groups in total. The van der Waals surface area contributed by atoms with Gasteiger partial charge < -0.3 is 59.1 Å². The van der Waals surface area contributed by atoms with Crippen LogP contribution in [0.4, 0.5) is 0 Å². The maximum Gasteiger partial charge on any atom is 0.331 e. The Bertz CT molecular complexity index is 1310. The Balaban J connectivity index is 1.54. The zero-order valence-corrected chi connectivity index (χ0v) is 26.2. The highest BCUT2D eigenvalue weighted by Gasteiger charge is 2.61. The first-order valence-corrected chi connectivity index (χ1v) is 15.3. The average molecular weight is 667 g/mol. The van der Waals surface area contributed by atoms with Crippen molar-refractivity contribution in [1.29, 1.82) is 0 Å². The molecule has 4 unspecified atom stereocenters. The van der Waals surface area contributed by atoms with Crippen molar-refractivity contribution in [2.75, 3.05) is 19.8 Å². The standard InChI is InChI=1S/C32H42O15/c1-4-16(2)29(40)47-30-25-21(11-23(36)32(25,41)15-44-17(3)34)19(13-42-30)14-43-31-28(27(39)26(38)22(12-33)45-31)46-24(37)10-7-18-5-8-20(35)9-6-18/h5-10,13,16,21-23,25-28,30-31,33,35-36,38-39,41H,4,11-12,14-15H2,1-3H3/b10-7+/t16?,21?,22-,23+,25?,26-,27+,28-,30?,31-,32-/m1/s1. The van der Waals surface area contributed by atoms with Crippen LogP contribution in [0.5, 0.6) is 5.75 Å². The quantitative estimate of drug-likeness (QED) is 0.0972. The van der Waals surface area contributed by atoms with E-state index in [-0.39, 0.29) is 18.8 Å². The number of benzene rings is 1. The Morgan fingerprint density at radius 3 is 2.43 bits per heavy atom. The molecule has 1 aliphatic carbocycles. The maximum absolute atomic E-state index is 12.7. The van der Waals surface area contributed by atoms with Crippen molar-refractivity contribution in [2.24, 2.45) is 17.8 Å². The van der Waals surface area contributed by atoms with Crippen LogP contribution in [0.3, 0.4) is 0 Å². The molecule has 15 nitrogen and oxygen atoms in total. The molecule has 2 aliphatic heterocycles. The molecule has 0 aromatic heterocycles. The number of aromatic hydroxyl groups is 1. The van der Waals surface area contributed by atoms with Gasteiger partial charge in [-0.15, -0.1) is 0 Å². The van der Waals surface area contributed by atoms with Gasteiger partial charge in [-0.25, -0.2) is 4.79 Å². The fourth-order valence-corrected chi connectivity index (χ4v) is 5.76. The van der Waals surface area contributed by atoms with E-state index in [1.165, 1.54) is 24.5 Å². The predicted molar refractivity (Wildman–Crippen MR) is 158 cm³/mol. The minimum Gasteiger partial charge on any atom is -0.508 e. The molecule has 15 heteroatoms. The highest BCUT2D eigenvalue weighted by molar-refractivity contribution is 5.87. The third kappa shape index (κ3) is 8.30. The van der Waals surface area contributed by atoms with Gasteiger partial charge in [-0.05, 0) is 42.2 Å². The number of aliphatic hydroxyl groups excluding tert-OH is 4. The molecule has 1 saturated heterocycles. The SMILES string of the molecule is CCC(C)C(=O)OC1OC=C(CO[C@@H]2O[C@H](CO)[C@@H](O)[C@H](O)[C@H]2OC(=O)/C=C/c2ccc(O)cc2)C2C[C@H](O)[C@](O)(COC(C)=O)C12. The molecule has 260 valence electrons. The number of phenols is 1. The van der Waals surface area contributed by atoms with E-state index in [0.717, 1.165) is 13.0 Å². The van der Waals surface area contributed by atoms with Crippen molar-refractivity contribution in [3.8, 4) is 5.75 Å². The van der Waals surface area contributed by atoms with E-state index in [0.29, 0.717) is 17.6 Å². The summed E-state index contributed by atoms with van der Waals surface area (Å²) < 4.78 is 33.3. The van der Waals surface area contributed by atoms with Crippen molar-refractivity contribution in [2.45, 2.75) is 82.3 Å². The van der Waals surface area contributed by atoms with Gasteiger partial charge in [0.1, 0.15) is 36.3 Å². The topological polar surface area (TPSA) is 228 Å². The lowest BCUT2D eigenvalue weighted by Crippen LogP contribution is -2.60. The van der Waals surface area contributed by atoms with Gasteiger partial charge in [0.2, 0.25) is 6.29 Å². The van der Waals surface area contributed by atoms with Crippen LogP contribution >= 0.6 is 0 Å². The summed E-state index contributed by atoms with van der Waals surface area (Å²) in [5.74, 6) is -4.50. The fraction of sp³-hybridized carbons (Fsp3) is 0.594. The van der Waals surface area contributed by atoms with Crippen LogP contribution in [0.2, 0.25) is 0 Å². The number of carbonyl (C=O) groups is 3. The van der Waals surface area contributed by atoms with E-state index >= 15 is 0 Å². The number of fused-ring (bicyclic) bond motifs is 1. The first-order chi connectivity index (χ1) is 22.3. The van der Waals surface area contributed by atoms with E-state index in [2.05, 4.69) is 0 Å². The highest BCUT2D eigenvalue weighted by atomic mass is 16.7. The van der Waals surface area contributed by atoms with Gasteiger partial charge in [0, 0.05) is 18.9 Å². The van der Waals surface area contributed by atoms with Crippen LogP contribution in [0.15, 0.2) is 42.2 Å². The number of aliphatic hydroxyl groups is 5. The molecule has 47 heavy (non-hydrogen) atoms. The normalized spacial score (nSPS) is 34.1. The number of rotatable bonds is 12. The first kappa shape index (κ1) is 36.3. The zero-order chi connectivity index (χ0) is 34.5. The first-order valence-electron chi connectivity index (χ1n) is 15.3. The Labute approximate surface area is 270 Å². The largest absolute Gasteiger partial charge is 0.508 e. The Morgan fingerprint density at radius 2 is 1.79 bits per heavy atom. The molecule has 2 heterocycles. The Hall–Kier alpha value is -3.57. The summed E-state index contributed by atoms with van der Waals surface area (Å²) in [4.78, 5) is 37.0. The molecule has 0 amide bonds. The third-order valence-electron chi connectivity index (χ3n) is 8.74.